The van der Waals surface area contributed by atoms with Gasteiger partial charge in [-0.15, -0.1) is 0 Å². The van der Waals surface area contributed by atoms with Gasteiger partial charge in [-0.1, -0.05) is 15.9 Å². The van der Waals surface area contributed by atoms with Crippen LogP contribution in [0.3, 0.4) is 0 Å². The average molecular weight is 307 g/mol. The van der Waals surface area contributed by atoms with E-state index in [0.717, 1.165) is 4.57 Å². The SMILES string of the molecule is O=C(O)CC(NC(=O)CBr)n1c(O)ccc1O. The highest BCUT2D eigenvalue weighted by Gasteiger charge is 2.21. The molecule has 94 valence electrons. The summed E-state index contributed by atoms with van der Waals surface area (Å²) in [5, 5.41) is 30.0. The van der Waals surface area contributed by atoms with Crippen LogP contribution in [0, 0.1) is 0 Å². The second-order valence-electron chi connectivity index (χ2n) is 3.23. The van der Waals surface area contributed by atoms with Crippen molar-refractivity contribution in [2.24, 2.45) is 0 Å². The van der Waals surface area contributed by atoms with Gasteiger partial charge in [0.2, 0.25) is 5.91 Å². The third-order valence-corrected chi connectivity index (χ3v) is 2.51. The number of rotatable bonds is 5. The minimum Gasteiger partial charge on any atom is -0.494 e. The molecule has 0 aliphatic rings. The summed E-state index contributed by atoms with van der Waals surface area (Å²) in [5.41, 5.74) is 0. The van der Waals surface area contributed by atoms with E-state index in [1.807, 2.05) is 0 Å². The standard InChI is InChI=1S/C9H11BrN2O5/c10-4-6(13)11-5(3-9(16)17)12-7(14)1-2-8(12)15/h1-2,5,14-15H,3-4H2,(H,11,13)(H,16,17). The van der Waals surface area contributed by atoms with Crippen LogP contribution in [0.2, 0.25) is 0 Å². The molecule has 1 heterocycles. The Balaban J connectivity index is 2.97. The van der Waals surface area contributed by atoms with Gasteiger partial charge in [0.1, 0.15) is 6.17 Å². The first-order chi connectivity index (χ1) is 7.95. The van der Waals surface area contributed by atoms with Gasteiger partial charge >= 0.3 is 5.97 Å². The van der Waals surface area contributed by atoms with Crippen molar-refractivity contribution in [2.45, 2.75) is 12.6 Å². The smallest absolute Gasteiger partial charge is 0.307 e. The Morgan fingerprint density at radius 1 is 1.35 bits per heavy atom. The number of amides is 1. The third kappa shape index (κ3) is 3.38. The molecule has 1 rings (SSSR count). The zero-order valence-electron chi connectivity index (χ0n) is 8.63. The van der Waals surface area contributed by atoms with E-state index in [0.29, 0.717) is 0 Å². The lowest BCUT2D eigenvalue weighted by molar-refractivity contribution is -0.138. The van der Waals surface area contributed by atoms with Crippen molar-refractivity contribution in [1.82, 2.24) is 9.88 Å². The minimum absolute atomic E-state index is 0.00802. The number of aromatic hydroxyl groups is 2. The van der Waals surface area contributed by atoms with E-state index < -0.39 is 24.5 Å². The van der Waals surface area contributed by atoms with Gasteiger partial charge < -0.3 is 20.6 Å². The van der Waals surface area contributed by atoms with E-state index in [2.05, 4.69) is 21.2 Å². The predicted octanol–water partition coefficient (Wildman–Crippen LogP) is 0.384. The summed E-state index contributed by atoms with van der Waals surface area (Å²) >= 11 is 2.92. The van der Waals surface area contributed by atoms with Gasteiger partial charge in [-0.05, 0) is 0 Å². The molecule has 0 saturated carbocycles. The number of aromatic nitrogens is 1. The molecule has 1 amide bonds. The molecular formula is C9H11BrN2O5. The summed E-state index contributed by atoms with van der Waals surface area (Å²) in [4.78, 5) is 21.9. The van der Waals surface area contributed by atoms with Crippen LogP contribution in [0.4, 0.5) is 0 Å². The molecule has 0 bridgehead atoms. The number of hydrogen-bond donors (Lipinski definition) is 4. The van der Waals surface area contributed by atoms with Crippen LogP contribution in [0.15, 0.2) is 12.1 Å². The van der Waals surface area contributed by atoms with Crippen molar-refractivity contribution in [3.8, 4) is 11.8 Å². The van der Waals surface area contributed by atoms with E-state index in [9.17, 15) is 19.8 Å². The predicted molar refractivity (Wildman–Crippen MR) is 61.0 cm³/mol. The fourth-order valence-corrected chi connectivity index (χ4v) is 1.50. The molecule has 8 heteroatoms. The topological polar surface area (TPSA) is 112 Å². The molecule has 0 spiro atoms. The van der Waals surface area contributed by atoms with Crippen LogP contribution in [0.5, 0.6) is 11.8 Å². The average Bonchev–Trinajstić information content (AvgIpc) is 2.56. The number of carbonyl (C=O) groups is 2. The van der Waals surface area contributed by atoms with Crippen LogP contribution in [0.1, 0.15) is 12.6 Å². The number of aliphatic carboxylic acids is 1. The highest BCUT2D eigenvalue weighted by molar-refractivity contribution is 9.09. The zero-order chi connectivity index (χ0) is 13.0. The van der Waals surface area contributed by atoms with Gasteiger partial charge in [0, 0.05) is 12.1 Å². The van der Waals surface area contributed by atoms with Crippen molar-refractivity contribution in [1.29, 1.82) is 0 Å². The molecule has 0 fully saturated rings. The van der Waals surface area contributed by atoms with Crippen molar-refractivity contribution in [3.05, 3.63) is 12.1 Å². The number of nitrogens with one attached hydrogen (secondary N) is 1. The summed E-state index contributed by atoms with van der Waals surface area (Å²) in [6.45, 7) is 0. The van der Waals surface area contributed by atoms with Crippen LogP contribution >= 0.6 is 15.9 Å². The Kier molecular flexibility index (Phi) is 4.38. The van der Waals surface area contributed by atoms with Crippen molar-refractivity contribution in [2.75, 3.05) is 5.33 Å². The fraction of sp³-hybridized carbons (Fsp3) is 0.333. The number of nitrogens with zero attached hydrogens (tertiary/aromatic N) is 1. The maximum Gasteiger partial charge on any atom is 0.307 e. The number of halogens is 1. The number of carbonyl (C=O) groups excluding carboxylic acids is 1. The maximum absolute atomic E-state index is 11.2. The summed E-state index contributed by atoms with van der Waals surface area (Å²) in [6.07, 6.45) is -1.51. The Morgan fingerprint density at radius 2 is 1.88 bits per heavy atom. The third-order valence-electron chi connectivity index (χ3n) is 2.00. The second-order valence-corrected chi connectivity index (χ2v) is 3.80. The van der Waals surface area contributed by atoms with Crippen LogP contribution in [-0.2, 0) is 9.59 Å². The maximum atomic E-state index is 11.2. The first-order valence-corrected chi connectivity index (χ1v) is 5.74. The van der Waals surface area contributed by atoms with Crippen molar-refractivity contribution < 1.29 is 24.9 Å². The fourth-order valence-electron chi connectivity index (χ4n) is 1.34. The minimum atomic E-state index is -1.17. The lowest BCUT2D eigenvalue weighted by Gasteiger charge is -2.19. The first-order valence-electron chi connectivity index (χ1n) is 4.62. The van der Waals surface area contributed by atoms with Crippen LogP contribution in [-0.4, -0.2) is 37.1 Å². The molecule has 0 radical (unpaired) electrons. The van der Waals surface area contributed by atoms with Gasteiger partial charge in [-0.25, -0.2) is 0 Å². The Bertz CT molecular complexity index is 412. The summed E-state index contributed by atoms with van der Waals surface area (Å²) in [6, 6.07) is 2.40. The van der Waals surface area contributed by atoms with Crippen LogP contribution in [0.25, 0.3) is 0 Å². The molecule has 4 N–H and O–H groups in total. The van der Waals surface area contributed by atoms with Gasteiger partial charge in [0.05, 0.1) is 11.8 Å². The number of hydrogen-bond acceptors (Lipinski definition) is 4. The Morgan fingerprint density at radius 3 is 2.29 bits per heavy atom. The Labute approximate surface area is 105 Å². The van der Waals surface area contributed by atoms with E-state index in [1.165, 1.54) is 12.1 Å². The Hall–Kier alpha value is -1.70. The molecule has 1 atom stereocenters. The van der Waals surface area contributed by atoms with Gasteiger partial charge in [-0.3, -0.25) is 14.2 Å². The molecule has 0 saturated heterocycles. The normalized spacial score (nSPS) is 12.1. The molecule has 17 heavy (non-hydrogen) atoms. The van der Waals surface area contributed by atoms with E-state index in [1.54, 1.807) is 0 Å². The molecule has 0 aliphatic carbocycles. The number of carboxylic acids is 1. The molecule has 1 aromatic heterocycles. The quantitative estimate of drug-likeness (QED) is 0.588. The lowest BCUT2D eigenvalue weighted by atomic mass is 10.3. The molecular weight excluding hydrogens is 296 g/mol. The van der Waals surface area contributed by atoms with Gasteiger partial charge in [0.15, 0.2) is 11.8 Å². The van der Waals surface area contributed by atoms with Crippen molar-refractivity contribution >= 4 is 27.8 Å². The highest BCUT2D eigenvalue weighted by Crippen LogP contribution is 2.26. The van der Waals surface area contributed by atoms with E-state index >= 15 is 0 Å². The number of alkyl halides is 1. The van der Waals surface area contributed by atoms with Gasteiger partial charge in [0.25, 0.3) is 0 Å². The zero-order valence-corrected chi connectivity index (χ0v) is 10.2. The summed E-state index contributed by atoms with van der Waals surface area (Å²) in [5.74, 6) is -2.28. The molecule has 0 aliphatic heterocycles. The number of carboxylic acid groups (broad SMARTS) is 1. The van der Waals surface area contributed by atoms with Gasteiger partial charge in [-0.2, -0.15) is 0 Å². The summed E-state index contributed by atoms with van der Waals surface area (Å²) in [7, 11) is 0. The van der Waals surface area contributed by atoms with Crippen LogP contribution < -0.4 is 5.32 Å². The molecule has 1 unspecified atom stereocenters. The second kappa shape index (κ2) is 5.58. The van der Waals surface area contributed by atoms with Crippen molar-refractivity contribution in [3.63, 3.8) is 0 Å². The monoisotopic (exact) mass is 306 g/mol. The highest BCUT2D eigenvalue weighted by atomic mass is 79.9. The van der Waals surface area contributed by atoms with E-state index in [-0.39, 0.29) is 17.1 Å². The first kappa shape index (κ1) is 13.4. The molecule has 7 nitrogen and oxygen atoms in total. The summed E-state index contributed by atoms with van der Waals surface area (Å²) < 4.78 is 0.925. The largest absolute Gasteiger partial charge is 0.494 e. The molecule has 1 aromatic rings. The molecule has 0 aromatic carbocycles. The lowest BCUT2D eigenvalue weighted by Crippen LogP contribution is -2.34. The van der Waals surface area contributed by atoms with E-state index in [4.69, 9.17) is 5.11 Å².